The fraction of sp³-hybridized carbons (Fsp3) is 0.308. The van der Waals surface area contributed by atoms with Gasteiger partial charge in [0.15, 0.2) is 0 Å². The number of aliphatic hydroxyl groups is 1. The van der Waals surface area contributed by atoms with E-state index in [2.05, 4.69) is 64.2 Å². The molecular weight excluding hydrogens is 384 g/mol. The zero-order valence-electron chi connectivity index (χ0n) is 17.7. The average molecular weight is 411 g/mol. The molecule has 5 nitrogen and oxygen atoms in total. The van der Waals surface area contributed by atoms with Gasteiger partial charge in [0.25, 0.3) is 0 Å². The van der Waals surface area contributed by atoms with Crippen LogP contribution in [0.3, 0.4) is 0 Å². The first-order valence-corrected chi connectivity index (χ1v) is 10.6. The molecule has 0 bridgehead atoms. The van der Waals surface area contributed by atoms with Crippen LogP contribution in [-0.4, -0.2) is 39.2 Å². The van der Waals surface area contributed by atoms with Gasteiger partial charge in [-0.15, -0.1) is 0 Å². The highest BCUT2D eigenvalue weighted by atomic mass is 16.3. The summed E-state index contributed by atoms with van der Waals surface area (Å²) in [7, 11) is 0. The van der Waals surface area contributed by atoms with Crippen molar-refractivity contribution in [2.75, 3.05) is 19.6 Å². The maximum atomic E-state index is 9.72. The molecule has 4 rings (SSSR count). The highest BCUT2D eigenvalue weighted by Crippen LogP contribution is 2.29. The minimum Gasteiger partial charge on any atom is -0.385 e. The first kappa shape index (κ1) is 20.9. The molecule has 2 aromatic carbocycles. The van der Waals surface area contributed by atoms with E-state index in [1.54, 1.807) is 13.1 Å². The second kappa shape index (κ2) is 9.62. The maximum Gasteiger partial charge on any atom is 0.138 e. The van der Waals surface area contributed by atoms with E-state index in [0.29, 0.717) is 24.8 Å². The topological polar surface area (TPSA) is 65.1 Å². The molecule has 1 saturated heterocycles. The van der Waals surface area contributed by atoms with Crippen LogP contribution in [-0.2, 0) is 6.54 Å². The van der Waals surface area contributed by atoms with Gasteiger partial charge in [-0.05, 0) is 54.6 Å². The van der Waals surface area contributed by atoms with Crippen LogP contribution in [0.2, 0.25) is 0 Å². The summed E-state index contributed by atoms with van der Waals surface area (Å²) in [6, 6.07) is 19.3. The summed E-state index contributed by atoms with van der Waals surface area (Å²) < 4.78 is 1.86. The first-order valence-electron chi connectivity index (χ1n) is 10.6. The lowest BCUT2D eigenvalue weighted by atomic mass is 9.95. The van der Waals surface area contributed by atoms with Gasteiger partial charge in [-0.2, -0.15) is 5.26 Å². The van der Waals surface area contributed by atoms with Crippen LogP contribution in [0.15, 0.2) is 60.9 Å². The quantitative estimate of drug-likeness (QED) is 0.511. The summed E-state index contributed by atoms with van der Waals surface area (Å²) in [5, 5.41) is 18.6. The molecule has 0 radical (unpaired) electrons. The number of hydrogen-bond donors (Lipinski definition) is 1. The van der Waals surface area contributed by atoms with Crippen molar-refractivity contribution in [2.24, 2.45) is 0 Å². The fourth-order valence-corrected chi connectivity index (χ4v) is 4.09. The van der Waals surface area contributed by atoms with Gasteiger partial charge in [0.2, 0.25) is 0 Å². The summed E-state index contributed by atoms with van der Waals surface area (Å²) in [6.07, 6.45) is 4.02. The van der Waals surface area contributed by atoms with Crippen LogP contribution in [0.5, 0.6) is 0 Å². The molecule has 1 aliphatic heterocycles. The van der Waals surface area contributed by atoms with Crippen molar-refractivity contribution in [3.63, 3.8) is 0 Å². The van der Waals surface area contributed by atoms with Crippen molar-refractivity contribution < 1.29 is 5.11 Å². The lowest BCUT2D eigenvalue weighted by Gasteiger charge is -2.13. The van der Waals surface area contributed by atoms with Gasteiger partial charge < -0.3 is 9.67 Å². The van der Waals surface area contributed by atoms with Crippen LogP contribution in [0.25, 0.3) is 11.1 Å². The smallest absolute Gasteiger partial charge is 0.138 e. The minimum atomic E-state index is -0.604. The largest absolute Gasteiger partial charge is 0.385 e. The molecule has 0 unspecified atom stereocenters. The van der Waals surface area contributed by atoms with Gasteiger partial charge in [0.1, 0.15) is 11.9 Å². The highest BCUT2D eigenvalue weighted by Gasteiger charge is 2.23. The Morgan fingerprint density at radius 3 is 2.48 bits per heavy atom. The van der Waals surface area contributed by atoms with Crippen molar-refractivity contribution in [2.45, 2.75) is 31.9 Å². The average Bonchev–Trinajstić information content (AvgIpc) is 3.45. The summed E-state index contributed by atoms with van der Waals surface area (Å²) in [5.74, 6) is 7.47. The van der Waals surface area contributed by atoms with Crippen LogP contribution in [0.1, 0.15) is 42.3 Å². The predicted octanol–water partition coefficient (Wildman–Crippen LogP) is 3.97. The van der Waals surface area contributed by atoms with E-state index < -0.39 is 6.10 Å². The Labute approximate surface area is 183 Å². The highest BCUT2D eigenvalue weighted by molar-refractivity contribution is 5.64. The molecule has 0 saturated carbocycles. The third kappa shape index (κ3) is 5.03. The summed E-state index contributed by atoms with van der Waals surface area (Å²) in [5.41, 5.74) is 4.67. The third-order valence-electron chi connectivity index (χ3n) is 5.77. The van der Waals surface area contributed by atoms with Crippen molar-refractivity contribution >= 4 is 0 Å². The molecule has 0 aliphatic carbocycles. The predicted molar refractivity (Wildman–Crippen MR) is 121 cm³/mol. The van der Waals surface area contributed by atoms with Gasteiger partial charge >= 0.3 is 0 Å². The Bertz CT molecular complexity index is 1110. The SMILES string of the molecule is C[C@H](O)c1nccn1CC#Cc1ccc(-c2ccc([C@H]3CCN(CC#N)C3)cc2)cc1. The molecule has 31 heavy (non-hydrogen) atoms. The Morgan fingerprint density at radius 1 is 1.10 bits per heavy atom. The lowest BCUT2D eigenvalue weighted by Crippen LogP contribution is -2.20. The summed E-state index contributed by atoms with van der Waals surface area (Å²) in [6.45, 7) is 4.70. The van der Waals surface area contributed by atoms with Crippen molar-refractivity contribution in [3.05, 3.63) is 77.9 Å². The number of hydrogen-bond acceptors (Lipinski definition) is 4. The summed E-state index contributed by atoms with van der Waals surface area (Å²) in [4.78, 5) is 6.38. The Hall–Kier alpha value is -3.38. The second-order valence-electron chi connectivity index (χ2n) is 7.97. The molecule has 2 atom stereocenters. The van der Waals surface area contributed by atoms with Crippen molar-refractivity contribution in [1.29, 1.82) is 5.26 Å². The number of imidazole rings is 1. The van der Waals surface area contributed by atoms with Gasteiger partial charge in [-0.25, -0.2) is 4.98 Å². The van der Waals surface area contributed by atoms with Crippen molar-refractivity contribution in [3.8, 4) is 29.0 Å². The van der Waals surface area contributed by atoms with Gasteiger partial charge in [-0.3, -0.25) is 4.90 Å². The maximum absolute atomic E-state index is 9.72. The molecule has 1 N–H and O–H groups in total. The van der Waals surface area contributed by atoms with Crippen LogP contribution in [0.4, 0.5) is 0 Å². The van der Waals surface area contributed by atoms with Crippen molar-refractivity contribution in [1.82, 2.24) is 14.5 Å². The number of aliphatic hydroxyl groups excluding tert-OH is 1. The fourth-order valence-electron chi connectivity index (χ4n) is 4.09. The molecule has 156 valence electrons. The van der Waals surface area contributed by atoms with E-state index in [4.69, 9.17) is 5.26 Å². The van der Waals surface area contributed by atoms with Crippen LogP contribution in [0, 0.1) is 23.2 Å². The lowest BCUT2D eigenvalue weighted by molar-refractivity contribution is 0.184. The Kier molecular flexibility index (Phi) is 6.48. The zero-order valence-corrected chi connectivity index (χ0v) is 17.7. The molecule has 0 amide bonds. The standard InChI is InChI=1S/C26H26N4O/c1-20(31)26-28-14-18-30(26)15-2-3-21-4-6-22(7-5-21)23-8-10-24(11-9-23)25-12-16-29(19-25)17-13-27/h4-11,14,18,20,25,31H,12,15-17,19H2,1H3/t20-,25-/m0/s1. The molecule has 1 aromatic heterocycles. The van der Waals surface area contributed by atoms with E-state index in [-0.39, 0.29) is 0 Å². The second-order valence-corrected chi connectivity index (χ2v) is 7.97. The minimum absolute atomic E-state index is 0.496. The third-order valence-corrected chi connectivity index (χ3v) is 5.77. The zero-order chi connectivity index (χ0) is 21.6. The molecular formula is C26H26N4O. The number of nitriles is 1. The van der Waals surface area contributed by atoms with Gasteiger partial charge in [0.05, 0.1) is 19.2 Å². The monoisotopic (exact) mass is 410 g/mol. The number of nitrogens with zero attached hydrogens (tertiary/aromatic N) is 4. The molecule has 0 spiro atoms. The molecule has 3 aromatic rings. The number of aromatic nitrogens is 2. The van der Waals surface area contributed by atoms with Gasteiger partial charge in [0, 0.05) is 24.5 Å². The van der Waals surface area contributed by atoms with Crippen LogP contribution >= 0.6 is 0 Å². The van der Waals surface area contributed by atoms with E-state index in [0.717, 1.165) is 25.1 Å². The van der Waals surface area contributed by atoms with E-state index in [1.807, 2.05) is 22.9 Å². The number of likely N-dealkylation sites (tertiary alicyclic amines) is 1. The van der Waals surface area contributed by atoms with E-state index in [9.17, 15) is 5.11 Å². The summed E-state index contributed by atoms with van der Waals surface area (Å²) >= 11 is 0. The van der Waals surface area contributed by atoms with E-state index in [1.165, 1.54) is 16.7 Å². The van der Waals surface area contributed by atoms with Gasteiger partial charge in [-0.1, -0.05) is 48.2 Å². The molecule has 5 heteroatoms. The molecule has 1 fully saturated rings. The normalized spacial score (nSPS) is 17.0. The van der Waals surface area contributed by atoms with Crippen LogP contribution < -0.4 is 0 Å². The Morgan fingerprint density at radius 2 is 1.81 bits per heavy atom. The number of benzene rings is 2. The van der Waals surface area contributed by atoms with E-state index >= 15 is 0 Å². The first-order chi connectivity index (χ1) is 15.1. The Balaban J connectivity index is 1.38. The molecule has 1 aliphatic rings. The molecule has 2 heterocycles. The number of rotatable bonds is 5.